The van der Waals surface area contributed by atoms with Crippen molar-refractivity contribution in [1.29, 1.82) is 0 Å². The molecule has 4 N–H and O–H groups in total. The van der Waals surface area contributed by atoms with Gasteiger partial charge in [-0.3, -0.25) is 4.79 Å². The molecule has 1 rings (SSSR count). The maximum Gasteiger partial charge on any atom is 0.313 e. The number of carbonyl (C=O) groups excluding carboxylic acids is 1. The first kappa shape index (κ1) is 17.3. The topological polar surface area (TPSA) is 87.6 Å². The largest absolute Gasteiger partial charge is 0.496 e. The minimum absolute atomic E-state index is 0.0349. The highest BCUT2D eigenvalue weighted by Crippen LogP contribution is 2.36. The highest BCUT2D eigenvalue weighted by Gasteiger charge is 2.42. The zero-order valence-corrected chi connectivity index (χ0v) is 13.3. The minimum atomic E-state index is -0.781. The van der Waals surface area contributed by atoms with Gasteiger partial charge in [0.15, 0.2) is 0 Å². The quantitative estimate of drug-likeness (QED) is 0.593. The highest BCUT2D eigenvalue weighted by molar-refractivity contribution is 5.78. The maximum absolute atomic E-state index is 12.5. The lowest BCUT2D eigenvalue weighted by Gasteiger charge is -2.34. The molecular formula is C16H26N2O3. The van der Waals surface area contributed by atoms with Gasteiger partial charge < -0.3 is 20.9 Å². The van der Waals surface area contributed by atoms with E-state index in [0.29, 0.717) is 24.5 Å². The molecule has 1 atom stereocenters. The Morgan fingerprint density at radius 3 is 2.52 bits per heavy atom. The van der Waals surface area contributed by atoms with Gasteiger partial charge in [-0.25, -0.2) is 0 Å². The molecular weight excluding hydrogens is 268 g/mol. The first-order valence-electron chi connectivity index (χ1n) is 7.21. The molecule has 118 valence electrons. The van der Waals surface area contributed by atoms with Crippen molar-refractivity contribution in [3.05, 3.63) is 23.8 Å². The third kappa shape index (κ3) is 3.67. The molecule has 0 aliphatic carbocycles. The third-order valence-corrected chi connectivity index (χ3v) is 3.96. The fraction of sp³-hybridized carbons (Fsp3) is 0.562. The summed E-state index contributed by atoms with van der Waals surface area (Å²) in [6.45, 7) is 6.29. The number of benzene rings is 1. The Morgan fingerprint density at radius 1 is 1.38 bits per heavy atom. The fourth-order valence-corrected chi connectivity index (χ4v) is 2.45. The summed E-state index contributed by atoms with van der Waals surface area (Å²) in [5, 5.41) is 0. The normalized spacial score (nSPS) is 13.8. The van der Waals surface area contributed by atoms with Crippen LogP contribution in [0.4, 0.5) is 5.69 Å². The smallest absolute Gasteiger partial charge is 0.313 e. The van der Waals surface area contributed by atoms with Gasteiger partial charge in [0.1, 0.15) is 5.75 Å². The van der Waals surface area contributed by atoms with E-state index in [1.165, 1.54) is 0 Å². The molecule has 1 aromatic rings. The van der Waals surface area contributed by atoms with Crippen molar-refractivity contribution < 1.29 is 14.3 Å². The fourth-order valence-electron chi connectivity index (χ4n) is 2.45. The van der Waals surface area contributed by atoms with Crippen molar-refractivity contribution in [2.75, 3.05) is 26.0 Å². The van der Waals surface area contributed by atoms with E-state index >= 15 is 0 Å². The number of anilines is 1. The molecule has 5 heteroatoms. The molecule has 0 bridgehead atoms. The summed E-state index contributed by atoms with van der Waals surface area (Å²) in [7, 11) is 1.60. The van der Waals surface area contributed by atoms with Crippen LogP contribution in [0.5, 0.6) is 5.75 Å². The zero-order chi connectivity index (χ0) is 16.0. The number of nitrogen functional groups attached to an aromatic ring is 1. The van der Waals surface area contributed by atoms with E-state index < -0.39 is 5.41 Å². The van der Waals surface area contributed by atoms with Crippen molar-refractivity contribution in [3.8, 4) is 5.75 Å². The van der Waals surface area contributed by atoms with Gasteiger partial charge in [0.2, 0.25) is 0 Å². The zero-order valence-electron chi connectivity index (χ0n) is 13.3. The Morgan fingerprint density at radius 2 is 2.05 bits per heavy atom. The van der Waals surface area contributed by atoms with Gasteiger partial charge in [0.25, 0.3) is 0 Å². The van der Waals surface area contributed by atoms with Crippen LogP contribution in [0.15, 0.2) is 18.2 Å². The lowest BCUT2D eigenvalue weighted by molar-refractivity contribution is -0.157. The van der Waals surface area contributed by atoms with Crippen molar-refractivity contribution >= 4 is 11.7 Å². The number of ether oxygens (including phenoxy) is 2. The molecule has 0 radical (unpaired) electrons. The van der Waals surface area contributed by atoms with E-state index in [1.807, 2.05) is 19.9 Å². The Hall–Kier alpha value is -1.75. The molecule has 0 aliphatic rings. The molecule has 0 amide bonds. The molecule has 21 heavy (non-hydrogen) atoms. The van der Waals surface area contributed by atoms with Crippen LogP contribution in [-0.2, 0) is 16.0 Å². The maximum atomic E-state index is 12.5. The lowest BCUT2D eigenvalue weighted by Crippen LogP contribution is -2.46. The standard InChI is InChI=1S/C16H26N2O3/c1-5-21-15(19)16(10-17,11(2)3)9-12-8-13(18)6-7-14(12)20-4/h6-8,11H,5,9-10,17-18H2,1-4H3. The first-order chi connectivity index (χ1) is 9.91. The molecule has 1 unspecified atom stereocenters. The van der Waals surface area contributed by atoms with E-state index in [-0.39, 0.29) is 18.4 Å². The van der Waals surface area contributed by atoms with Crippen LogP contribution in [0.25, 0.3) is 0 Å². The second-order valence-corrected chi connectivity index (χ2v) is 5.48. The number of hydrogen-bond donors (Lipinski definition) is 2. The van der Waals surface area contributed by atoms with Crippen molar-refractivity contribution in [3.63, 3.8) is 0 Å². The van der Waals surface area contributed by atoms with Crippen LogP contribution in [0.1, 0.15) is 26.3 Å². The van der Waals surface area contributed by atoms with Crippen molar-refractivity contribution in [1.82, 2.24) is 0 Å². The Bertz CT molecular complexity index is 488. The van der Waals surface area contributed by atoms with Crippen LogP contribution < -0.4 is 16.2 Å². The van der Waals surface area contributed by atoms with E-state index in [2.05, 4.69) is 0 Å². The van der Waals surface area contributed by atoms with Crippen LogP contribution in [0.2, 0.25) is 0 Å². The average molecular weight is 294 g/mol. The van der Waals surface area contributed by atoms with Gasteiger partial charge in [-0.05, 0) is 43.0 Å². The summed E-state index contributed by atoms with van der Waals surface area (Å²) in [5.41, 5.74) is 12.5. The van der Waals surface area contributed by atoms with Gasteiger partial charge >= 0.3 is 5.97 Å². The predicted octanol–water partition coefficient (Wildman–Crippen LogP) is 1.98. The van der Waals surface area contributed by atoms with E-state index in [4.69, 9.17) is 20.9 Å². The molecule has 1 aromatic carbocycles. The molecule has 0 aliphatic heterocycles. The van der Waals surface area contributed by atoms with Gasteiger partial charge in [-0.15, -0.1) is 0 Å². The molecule has 0 spiro atoms. The van der Waals surface area contributed by atoms with Crippen molar-refractivity contribution in [2.45, 2.75) is 27.2 Å². The van der Waals surface area contributed by atoms with Gasteiger partial charge in [0, 0.05) is 12.2 Å². The van der Waals surface area contributed by atoms with E-state index in [1.54, 1.807) is 26.2 Å². The van der Waals surface area contributed by atoms with E-state index in [9.17, 15) is 4.79 Å². The molecule has 5 nitrogen and oxygen atoms in total. The summed E-state index contributed by atoms with van der Waals surface area (Å²) in [6, 6.07) is 5.40. The van der Waals surface area contributed by atoms with Gasteiger partial charge in [-0.1, -0.05) is 13.8 Å². The molecule has 0 saturated heterocycles. The van der Waals surface area contributed by atoms with Crippen LogP contribution >= 0.6 is 0 Å². The number of methoxy groups -OCH3 is 1. The summed E-state index contributed by atoms with van der Waals surface area (Å²) >= 11 is 0. The van der Waals surface area contributed by atoms with Crippen LogP contribution in [0.3, 0.4) is 0 Å². The number of carbonyl (C=O) groups is 1. The van der Waals surface area contributed by atoms with Crippen LogP contribution in [0, 0.1) is 11.3 Å². The summed E-state index contributed by atoms with van der Waals surface area (Å²) < 4.78 is 10.6. The Kier molecular flexibility index (Phi) is 6.03. The number of nitrogens with two attached hydrogens (primary N) is 2. The second-order valence-electron chi connectivity index (χ2n) is 5.48. The first-order valence-corrected chi connectivity index (χ1v) is 7.21. The monoisotopic (exact) mass is 294 g/mol. The second kappa shape index (κ2) is 7.31. The Balaban J connectivity index is 3.23. The third-order valence-electron chi connectivity index (χ3n) is 3.96. The minimum Gasteiger partial charge on any atom is -0.496 e. The number of esters is 1. The SMILES string of the molecule is CCOC(=O)C(CN)(Cc1cc(N)ccc1OC)C(C)C. The predicted molar refractivity (Wildman–Crippen MR) is 84.1 cm³/mol. The van der Waals surface area contributed by atoms with Crippen molar-refractivity contribution in [2.24, 2.45) is 17.1 Å². The van der Waals surface area contributed by atoms with Gasteiger partial charge in [-0.2, -0.15) is 0 Å². The van der Waals surface area contributed by atoms with E-state index in [0.717, 1.165) is 5.56 Å². The number of hydrogen-bond acceptors (Lipinski definition) is 5. The summed E-state index contributed by atoms with van der Waals surface area (Å²) in [5.74, 6) is 0.464. The molecule has 0 saturated carbocycles. The average Bonchev–Trinajstić information content (AvgIpc) is 2.44. The van der Waals surface area contributed by atoms with Crippen LogP contribution in [-0.4, -0.2) is 26.2 Å². The highest BCUT2D eigenvalue weighted by atomic mass is 16.5. The summed E-state index contributed by atoms with van der Waals surface area (Å²) in [6.07, 6.45) is 0.439. The molecule has 0 aromatic heterocycles. The molecule has 0 fully saturated rings. The molecule has 0 heterocycles. The Labute approximate surface area is 126 Å². The summed E-state index contributed by atoms with van der Waals surface area (Å²) in [4.78, 5) is 12.5. The number of rotatable bonds is 7. The van der Waals surface area contributed by atoms with Gasteiger partial charge in [0.05, 0.1) is 19.1 Å². The lowest BCUT2D eigenvalue weighted by atomic mass is 9.72.